The zero-order valence-corrected chi connectivity index (χ0v) is 16.8. The van der Waals surface area contributed by atoms with Crippen LogP contribution in [0.5, 0.6) is 11.5 Å². The van der Waals surface area contributed by atoms with Gasteiger partial charge in [0.1, 0.15) is 22.5 Å². The Morgan fingerprint density at radius 2 is 0.900 bits per heavy atom. The third-order valence-corrected chi connectivity index (χ3v) is 5.38. The normalized spacial score (nSPS) is 11.0. The van der Waals surface area contributed by atoms with Crippen molar-refractivity contribution in [3.8, 4) is 33.8 Å². The highest BCUT2D eigenvalue weighted by Crippen LogP contribution is 2.41. The summed E-state index contributed by atoms with van der Waals surface area (Å²) in [5.74, 6) is 1.55. The predicted molar refractivity (Wildman–Crippen MR) is 121 cm³/mol. The largest absolute Gasteiger partial charge is 0.496 e. The Kier molecular flexibility index (Phi) is 4.52. The Morgan fingerprint density at radius 1 is 0.500 bits per heavy atom. The number of rotatable bonds is 4. The second kappa shape index (κ2) is 7.48. The van der Waals surface area contributed by atoms with Crippen molar-refractivity contribution in [2.24, 2.45) is 0 Å². The van der Waals surface area contributed by atoms with Gasteiger partial charge in [-0.25, -0.2) is 0 Å². The lowest BCUT2D eigenvalue weighted by Gasteiger charge is -2.15. The molecule has 0 saturated carbocycles. The summed E-state index contributed by atoms with van der Waals surface area (Å²) in [5, 5.41) is 11.4. The highest BCUT2D eigenvalue weighted by atomic mass is 16.5. The van der Waals surface area contributed by atoms with Crippen LogP contribution >= 0.6 is 0 Å². The molecule has 0 saturated heterocycles. The van der Waals surface area contributed by atoms with Crippen molar-refractivity contribution >= 4 is 21.8 Å². The van der Waals surface area contributed by atoms with Crippen molar-refractivity contribution < 1.29 is 9.47 Å². The van der Waals surface area contributed by atoms with E-state index in [0.717, 1.165) is 55.6 Å². The Morgan fingerprint density at radius 3 is 1.27 bits per heavy atom. The molecule has 0 atom stereocenters. The van der Waals surface area contributed by atoms with E-state index in [-0.39, 0.29) is 0 Å². The molecule has 0 aliphatic rings. The van der Waals surface area contributed by atoms with Crippen LogP contribution in [0.15, 0.2) is 84.9 Å². The first-order valence-corrected chi connectivity index (χ1v) is 9.76. The molecule has 0 radical (unpaired) electrons. The van der Waals surface area contributed by atoms with Crippen LogP contribution < -0.4 is 9.47 Å². The van der Waals surface area contributed by atoms with E-state index < -0.39 is 0 Å². The van der Waals surface area contributed by atoms with Crippen LogP contribution in [0.25, 0.3) is 44.1 Å². The monoisotopic (exact) mass is 392 g/mol. The summed E-state index contributed by atoms with van der Waals surface area (Å²) in [5.41, 5.74) is 5.62. The fraction of sp³-hybridized carbons (Fsp3) is 0.0769. The maximum Gasteiger partial charge on any atom is 0.128 e. The van der Waals surface area contributed by atoms with Gasteiger partial charge in [0.05, 0.1) is 25.3 Å². The van der Waals surface area contributed by atoms with Crippen LogP contribution in [-0.4, -0.2) is 24.4 Å². The van der Waals surface area contributed by atoms with Crippen molar-refractivity contribution in [2.45, 2.75) is 0 Å². The molecule has 0 aliphatic carbocycles. The van der Waals surface area contributed by atoms with Gasteiger partial charge in [-0.05, 0) is 35.4 Å². The van der Waals surface area contributed by atoms with Gasteiger partial charge in [-0.15, -0.1) is 10.2 Å². The summed E-state index contributed by atoms with van der Waals surface area (Å²) in [6.07, 6.45) is 0. The van der Waals surface area contributed by atoms with Gasteiger partial charge in [0.2, 0.25) is 0 Å². The number of hydrogen-bond acceptors (Lipinski definition) is 4. The van der Waals surface area contributed by atoms with E-state index in [2.05, 4.69) is 46.6 Å². The van der Waals surface area contributed by atoms with Crippen molar-refractivity contribution in [3.63, 3.8) is 0 Å². The fourth-order valence-electron chi connectivity index (χ4n) is 4.00. The zero-order chi connectivity index (χ0) is 20.5. The van der Waals surface area contributed by atoms with E-state index in [1.54, 1.807) is 14.2 Å². The lowest BCUT2D eigenvalue weighted by molar-refractivity contribution is 0.416. The molecule has 4 heteroatoms. The standard InChI is InChI=1S/C26H20N2O2/c1-29-21-15-13-19-20-14-16-22(30-2)24(18-11-7-4-8-12-18)26(20)28-27-25(19)23(21)17-9-5-3-6-10-17/h3-16H,1-2H3. The highest BCUT2D eigenvalue weighted by molar-refractivity contribution is 6.13. The summed E-state index contributed by atoms with van der Waals surface area (Å²) < 4.78 is 11.3. The van der Waals surface area contributed by atoms with E-state index >= 15 is 0 Å². The highest BCUT2D eigenvalue weighted by Gasteiger charge is 2.18. The maximum absolute atomic E-state index is 5.66. The summed E-state index contributed by atoms with van der Waals surface area (Å²) in [7, 11) is 3.36. The van der Waals surface area contributed by atoms with E-state index in [9.17, 15) is 0 Å². The number of fused-ring (bicyclic) bond motifs is 3. The van der Waals surface area contributed by atoms with E-state index in [1.807, 2.05) is 48.5 Å². The van der Waals surface area contributed by atoms with Crippen molar-refractivity contribution in [3.05, 3.63) is 84.9 Å². The predicted octanol–water partition coefficient (Wildman–Crippen LogP) is 6.13. The first-order valence-electron chi connectivity index (χ1n) is 9.76. The minimum Gasteiger partial charge on any atom is -0.496 e. The lowest BCUT2D eigenvalue weighted by Crippen LogP contribution is -1.97. The second-order valence-electron chi connectivity index (χ2n) is 7.01. The molecule has 5 rings (SSSR count). The summed E-state index contributed by atoms with van der Waals surface area (Å²) in [4.78, 5) is 0. The van der Waals surface area contributed by atoms with Crippen LogP contribution in [0.1, 0.15) is 0 Å². The van der Waals surface area contributed by atoms with Crippen LogP contribution in [0.2, 0.25) is 0 Å². The Balaban J connectivity index is 1.88. The third kappa shape index (κ3) is 2.85. The number of methoxy groups -OCH3 is 2. The number of ether oxygens (including phenoxy) is 2. The molecule has 1 aromatic heterocycles. The zero-order valence-electron chi connectivity index (χ0n) is 16.8. The molecule has 0 fully saturated rings. The fourth-order valence-corrected chi connectivity index (χ4v) is 4.00. The molecule has 0 bridgehead atoms. The quantitative estimate of drug-likeness (QED) is 0.345. The second-order valence-corrected chi connectivity index (χ2v) is 7.01. The molecular formula is C26H20N2O2. The minimum atomic E-state index is 0.777. The van der Waals surface area contributed by atoms with E-state index in [0.29, 0.717) is 0 Å². The van der Waals surface area contributed by atoms with Crippen LogP contribution in [0.4, 0.5) is 0 Å². The van der Waals surface area contributed by atoms with Crippen molar-refractivity contribution in [1.82, 2.24) is 10.2 Å². The van der Waals surface area contributed by atoms with Gasteiger partial charge >= 0.3 is 0 Å². The summed E-state index contributed by atoms with van der Waals surface area (Å²) >= 11 is 0. The van der Waals surface area contributed by atoms with Crippen LogP contribution in [0, 0.1) is 0 Å². The first kappa shape index (κ1) is 18.1. The van der Waals surface area contributed by atoms with Gasteiger partial charge in [-0.1, -0.05) is 60.7 Å². The molecule has 4 aromatic carbocycles. The van der Waals surface area contributed by atoms with Gasteiger partial charge in [0.15, 0.2) is 0 Å². The molecule has 30 heavy (non-hydrogen) atoms. The third-order valence-electron chi connectivity index (χ3n) is 5.38. The Bertz CT molecular complexity index is 1240. The van der Waals surface area contributed by atoms with Crippen LogP contribution in [0.3, 0.4) is 0 Å². The average molecular weight is 392 g/mol. The van der Waals surface area contributed by atoms with Gasteiger partial charge in [0.25, 0.3) is 0 Å². The molecule has 0 unspecified atom stereocenters. The molecule has 146 valence electrons. The first-order chi connectivity index (χ1) is 14.8. The molecule has 1 heterocycles. The Labute approximate surface area is 174 Å². The summed E-state index contributed by atoms with van der Waals surface area (Å²) in [6, 6.07) is 28.4. The average Bonchev–Trinajstić information content (AvgIpc) is 2.83. The number of hydrogen-bond donors (Lipinski definition) is 0. The van der Waals surface area contributed by atoms with E-state index in [4.69, 9.17) is 9.47 Å². The number of nitrogens with zero attached hydrogens (tertiary/aromatic N) is 2. The molecule has 0 aliphatic heterocycles. The van der Waals surface area contributed by atoms with Gasteiger partial charge in [-0.3, -0.25) is 0 Å². The number of benzene rings is 4. The molecule has 5 aromatic rings. The van der Waals surface area contributed by atoms with Gasteiger partial charge < -0.3 is 9.47 Å². The Hall–Kier alpha value is -3.92. The molecule has 0 spiro atoms. The van der Waals surface area contributed by atoms with Crippen molar-refractivity contribution in [2.75, 3.05) is 14.2 Å². The van der Waals surface area contributed by atoms with Crippen LogP contribution in [-0.2, 0) is 0 Å². The SMILES string of the molecule is COc1ccc2c(nnc3c(-c4ccccc4)c(OC)ccc32)c1-c1ccccc1. The lowest BCUT2D eigenvalue weighted by atomic mass is 9.96. The molecule has 0 amide bonds. The van der Waals surface area contributed by atoms with Crippen molar-refractivity contribution in [1.29, 1.82) is 0 Å². The summed E-state index contributed by atoms with van der Waals surface area (Å²) in [6.45, 7) is 0. The van der Waals surface area contributed by atoms with Gasteiger partial charge in [-0.2, -0.15) is 0 Å². The topological polar surface area (TPSA) is 44.2 Å². The molecule has 0 N–H and O–H groups in total. The number of aromatic nitrogens is 2. The maximum atomic E-state index is 5.66. The smallest absolute Gasteiger partial charge is 0.128 e. The van der Waals surface area contributed by atoms with Gasteiger partial charge in [0, 0.05) is 10.8 Å². The minimum absolute atomic E-state index is 0.777. The molecule has 4 nitrogen and oxygen atoms in total. The molecular weight excluding hydrogens is 372 g/mol. The van der Waals surface area contributed by atoms with E-state index in [1.165, 1.54) is 0 Å².